The summed E-state index contributed by atoms with van der Waals surface area (Å²) in [5.74, 6) is -0.385. The van der Waals surface area contributed by atoms with Gasteiger partial charge in [0.15, 0.2) is 5.69 Å². The number of nitrogens with one attached hydrogen (secondary N) is 1. The molecule has 1 amide bonds. The average molecular weight is 333 g/mol. The molecule has 3 N–H and O–H groups in total. The van der Waals surface area contributed by atoms with E-state index >= 15 is 0 Å². The molecule has 0 bridgehead atoms. The summed E-state index contributed by atoms with van der Waals surface area (Å²) in [4.78, 5) is 11.9. The van der Waals surface area contributed by atoms with Crippen LogP contribution in [0.15, 0.2) is 40.2 Å². The summed E-state index contributed by atoms with van der Waals surface area (Å²) in [5, 5.41) is 18.7. The molecule has 3 rings (SSSR count). The van der Waals surface area contributed by atoms with E-state index in [1.54, 1.807) is 24.3 Å². The highest BCUT2D eigenvalue weighted by Gasteiger charge is 2.15. The van der Waals surface area contributed by atoms with Gasteiger partial charge in [-0.2, -0.15) is 9.78 Å². The Hall–Kier alpha value is -3.27. The number of carbonyl (C=O) groups excluding carboxylic acids is 1. The molecule has 0 aliphatic heterocycles. The largest absolute Gasteiger partial charge is 0.378 e. The van der Waals surface area contributed by atoms with Crippen LogP contribution in [0.1, 0.15) is 16.1 Å². The Morgan fingerprint density at radius 2 is 2.30 bits per heavy atom. The Bertz CT molecular complexity index is 871. The van der Waals surface area contributed by atoms with E-state index in [0.29, 0.717) is 5.02 Å². The first kappa shape index (κ1) is 14.7. The van der Waals surface area contributed by atoms with Gasteiger partial charge in [0, 0.05) is 5.02 Å². The molecule has 23 heavy (non-hydrogen) atoms. The van der Waals surface area contributed by atoms with Crippen LogP contribution in [0.3, 0.4) is 0 Å². The van der Waals surface area contributed by atoms with E-state index in [9.17, 15) is 4.79 Å². The fourth-order valence-electron chi connectivity index (χ4n) is 1.63. The number of nitrogen functional groups attached to an aromatic ring is 1. The van der Waals surface area contributed by atoms with Crippen molar-refractivity contribution in [3.63, 3.8) is 0 Å². The molecule has 0 aliphatic carbocycles. The fourth-order valence-corrected chi connectivity index (χ4v) is 1.83. The first-order valence-corrected chi connectivity index (χ1v) is 6.61. The number of benzene rings is 1. The second-order valence-corrected chi connectivity index (χ2v) is 4.71. The van der Waals surface area contributed by atoms with Gasteiger partial charge in [-0.15, -0.1) is 5.10 Å². The summed E-state index contributed by atoms with van der Waals surface area (Å²) in [5.41, 5.74) is 8.61. The minimum Gasteiger partial charge on any atom is -0.378 e. The lowest BCUT2D eigenvalue weighted by molar-refractivity contribution is 0.0950. The summed E-state index contributed by atoms with van der Waals surface area (Å²) in [6.07, 6.45) is 2.77. The number of carbonyl (C=O) groups is 1. The number of nitrogens with two attached hydrogens (primary N) is 1. The predicted octanol–water partition coefficient (Wildman–Crippen LogP) is 0.650. The topological polar surface area (TPSA) is 137 Å². The quantitative estimate of drug-likeness (QED) is 0.528. The minimum absolute atomic E-state index is 0.0237. The number of nitrogens with zero attached hydrogens (tertiary/aromatic N) is 6. The summed E-state index contributed by atoms with van der Waals surface area (Å²) in [7, 11) is 0. The van der Waals surface area contributed by atoms with Gasteiger partial charge in [0.25, 0.3) is 5.91 Å². The second kappa shape index (κ2) is 6.23. The maximum atomic E-state index is 11.9. The molecule has 0 aliphatic rings. The third kappa shape index (κ3) is 3.32. The number of hydrogen-bond donors (Lipinski definition) is 2. The van der Waals surface area contributed by atoms with Gasteiger partial charge in [-0.25, -0.2) is 10.1 Å². The normalized spacial score (nSPS) is 11.0. The Balaban J connectivity index is 1.67. The predicted molar refractivity (Wildman–Crippen MR) is 80.1 cm³/mol. The van der Waals surface area contributed by atoms with Gasteiger partial charge in [0.1, 0.15) is 0 Å². The van der Waals surface area contributed by atoms with Gasteiger partial charge in [0.05, 0.1) is 12.4 Å². The van der Waals surface area contributed by atoms with Crippen LogP contribution in [0.2, 0.25) is 5.02 Å². The van der Waals surface area contributed by atoms with Crippen LogP contribution in [0.4, 0.5) is 5.82 Å². The van der Waals surface area contributed by atoms with Gasteiger partial charge in [-0.1, -0.05) is 28.9 Å². The standard InChI is InChI=1S/C12H9ClN8O2/c13-8-3-1-2-7(4-8)5-15-17-12(22)9-6-21(20-16-9)11-10(14)18-23-19-11/h1-6H,(H2,14,18)(H,17,22). The molecule has 0 unspecified atom stereocenters. The molecule has 2 heterocycles. The highest BCUT2D eigenvalue weighted by Crippen LogP contribution is 2.10. The van der Waals surface area contributed by atoms with Crippen LogP contribution in [-0.4, -0.2) is 37.4 Å². The highest BCUT2D eigenvalue weighted by atomic mass is 35.5. The molecular weight excluding hydrogens is 324 g/mol. The zero-order valence-electron chi connectivity index (χ0n) is 11.4. The van der Waals surface area contributed by atoms with Crippen molar-refractivity contribution in [2.24, 2.45) is 5.10 Å². The van der Waals surface area contributed by atoms with Crippen molar-refractivity contribution in [2.75, 3.05) is 5.73 Å². The van der Waals surface area contributed by atoms with E-state index in [4.69, 9.17) is 17.3 Å². The first-order chi connectivity index (χ1) is 11.1. The highest BCUT2D eigenvalue weighted by molar-refractivity contribution is 6.30. The van der Waals surface area contributed by atoms with Crippen molar-refractivity contribution >= 4 is 29.5 Å². The Kier molecular flexibility index (Phi) is 3.97. The fraction of sp³-hybridized carbons (Fsp3) is 0. The molecule has 0 spiro atoms. The number of rotatable bonds is 4. The smallest absolute Gasteiger partial charge is 0.293 e. The molecule has 11 heteroatoms. The van der Waals surface area contributed by atoms with Gasteiger partial charge in [-0.05, 0) is 28.0 Å². The summed E-state index contributed by atoms with van der Waals surface area (Å²) >= 11 is 5.85. The lowest BCUT2D eigenvalue weighted by atomic mass is 10.2. The van der Waals surface area contributed by atoms with Gasteiger partial charge < -0.3 is 5.73 Å². The molecule has 1 aromatic carbocycles. The SMILES string of the molecule is Nc1nonc1-n1cc(C(=O)NN=Cc2cccc(Cl)c2)nn1. The van der Waals surface area contributed by atoms with Crippen molar-refractivity contribution in [3.8, 4) is 5.82 Å². The number of halogens is 1. The monoisotopic (exact) mass is 332 g/mol. The van der Waals surface area contributed by atoms with Crippen molar-refractivity contribution < 1.29 is 9.42 Å². The van der Waals surface area contributed by atoms with Gasteiger partial charge in [0.2, 0.25) is 11.6 Å². The summed E-state index contributed by atoms with van der Waals surface area (Å²) < 4.78 is 5.61. The maximum Gasteiger partial charge on any atom is 0.293 e. The van der Waals surface area contributed by atoms with Gasteiger partial charge in [-0.3, -0.25) is 4.79 Å². The molecule has 3 aromatic rings. The van der Waals surface area contributed by atoms with Crippen molar-refractivity contribution in [2.45, 2.75) is 0 Å². The third-order valence-corrected chi connectivity index (χ3v) is 2.90. The van der Waals surface area contributed by atoms with E-state index in [1.807, 2.05) is 0 Å². The van der Waals surface area contributed by atoms with Crippen molar-refractivity contribution in [1.29, 1.82) is 0 Å². The number of hydrogen-bond acceptors (Lipinski definition) is 8. The van der Waals surface area contributed by atoms with Gasteiger partial charge >= 0.3 is 0 Å². The van der Waals surface area contributed by atoms with Crippen molar-refractivity contribution in [3.05, 3.63) is 46.7 Å². The Morgan fingerprint density at radius 1 is 1.43 bits per heavy atom. The van der Waals surface area contributed by atoms with Crippen molar-refractivity contribution in [1.82, 2.24) is 30.7 Å². The maximum absolute atomic E-state index is 11.9. The van der Waals surface area contributed by atoms with E-state index in [2.05, 4.69) is 35.8 Å². The number of aromatic nitrogens is 5. The third-order valence-electron chi connectivity index (χ3n) is 2.67. The van der Waals surface area contributed by atoms with Crippen LogP contribution >= 0.6 is 11.6 Å². The molecular formula is C12H9ClN8O2. The molecule has 0 radical (unpaired) electrons. The average Bonchev–Trinajstić information content (AvgIpc) is 3.15. The van der Waals surface area contributed by atoms with Crippen LogP contribution in [-0.2, 0) is 0 Å². The molecule has 116 valence electrons. The molecule has 0 saturated carbocycles. The van der Waals surface area contributed by atoms with Crippen LogP contribution in [0, 0.1) is 0 Å². The zero-order chi connectivity index (χ0) is 16.2. The lowest BCUT2D eigenvalue weighted by Gasteiger charge is -1.95. The molecule has 0 atom stereocenters. The van der Waals surface area contributed by atoms with E-state index in [0.717, 1.165) is 5.56 Å². The molecule has 2 aromatic heterocycles. The first-order valence-electron chi connectivity index (χ1n) is 6.23. The molecule has 0 fully saturated rings. The number of hydrazone groups is 1. The summed E-state index contributed by atoms with van der Waals surface area (Å²) in [6, 6.07) is 7.00. The van der Waals surface area contributed by atoms with E-state index in [1.165, 1.54) is 17.1 Å². The number of amides is 1. The Labute approximate surface area is 133 Å². The van der Waals surface area contributed by atoms with Crippen LogP contribution < -0.4 is 11.2 Å². The minimum atomic E-state index is -0.551. The lowest BCUT2D eigenvalue weighted by Crippen LogP contribution is -2.18. The zero-order valence-corrected chi connectivity index (χ0v) is 12.2. The second-order valence-electron chi connectivity index (χ2n) is 4.28. The van der Waals surface area contributed by atoms with Crippen LogP contribution in [0.5, 0.6) is 0 Å². The summed E-state index contributed by atoms with van der Waals surface area (Å²) in [6.45, 7) is 0. The molecule has 10 nitrogen and oxygen atoms in total. The Morgan fingerprint density at radius 3 is 3.04 bits per heavy atom. The number of anilines is 1. The molecule has 0 saturated heterocycles. The van der Waals surface area contributed by atoms with Crippen LogP contribution in [0.25, 0.3) is 5.82 Å². The van der Waals surface area contributed by atoms with E-state index < -0.39 is 5.91 Å². The van der Waals surface area contributed by atoms with E-state index in [-0.39, 0.29) is 17.3 Å².